The monoisotopic (exact) mass is 164 g/mol. The zero-order chi connectivity index (χ0) is 8.20. The summed E-state index contributed by atoms with van der Waals surface area (Å²) in [6, 6.07) is 0. The molecular formula is C5H12N2O2S. The predicted molar refractivity (Wildman–Crippen MR) is 41.4 cm³/mol. The largest absolute Gasteiger partial charge is 0.321 e. The normalized spacial score (nSPS) is 11.9. The third kappa shape index (κ3) is 2.07. The van der Waals surface area contributed by atoms with E-state index in [4.69, 9.17) is 0 Å². The Morgan fingerprint density at radius 1 is 1.40 bits per heavy atom. The number of hydrogen-bond donors (Lipinski definition) is 0. The van der Waals surface area contributed by atoms with Crippen LogP contribution in [0.1, 0.15) is 13.8 Å². The second-order valence-electron chi connectivity index (χ2n) is 1.69. The second-order valence-corrected chi connectivity index (χ2v) is 3.36. The van der Waals surface area contributed by atoms with Crippen LogP contribution in [-0.4, -0.2) is 32.5 Å². The van der Waals surface area contributed by atoms with Crippen molar-refractivity contribution in [3.63, 3.8) is 0 Å². The van der Waals surface area contributed by atoms with Crippen molar-refractivity contribution >= 4 is 16.9 Å². The van der Waals surface area contributed by atoms with Crippen molar-refractivity contribution in [2.75, 3.05) is 13.1 Å². The Hall–Kier alpha value is -0.420. The van der Waals surface area contributed by atoms with Crippen molar-refractivity contribution in [2.24, 2.45) is 4.40 Å². The molecule has 0 aliphatic rings. The molecule has 5 heteroatoms. The van der Waals surface area contributed by atoms with E-state index in [2.05, 4.69) is 11.1 Å². The Kier molecular flexibility index (Phi) is 3.52. The highest BCUT2D eigenvalue weighted by Gasteiger charge is 2.14. The lowest BCUT2D eigenvalue weighted by Gasteiger charge is -2.13. The van der Waals surface area contributed by atoms with Gasteiger partial charge < -0.3 is 0 Å². The first-order valence-electron chi connectivity index (χ1n) is 3.06. The minimum atomic E-state index is -3.41. The van der Waals surface area contributed by atoms with Gasteiger partial charge in [0, 0.05) is 19.8 Å². The molecule has 0 amide bonds. The Morgan fingerprint density at radius 3 is 1.90 bits per heavy atom. The van der Waals surface area contributed by atoms with Crippen molar-refractivity contribution < 1.29 is 8.42 Å². The molecule has 4 nitrogen and oxygen atoms in total. The standard InChI is InChI=1S/C5H12N2O2S/c1-4-7(5-2)10(8,9)6-3/h3-5H2,1-2H3. The fourth-order valence-corrected chi connectivity index (χ4v) is 1.45. The molecule has 0 aromatic rings. The van der Waals surface area contributed by atoms with Crippen molar-refractivity contribution in [3.05, 3.63) is 0 Å². The summed E-state index contributed by atoms with van der Waals surface area (Å²) in [6.45, 7) is 7.37. The fraction of sp³-hybridized carbons (Fsp3) is 0.800. The average Bonchev–Trinajstić information content (AvgIpc) is 1.90. The highest BCUT2D eigenvalue weighted by molar-refractivity contribution is 7.87. The molecule has 0 saturated carbocycles. The van der Waals surface area contributed by atoms with Gasteiger partial charge in [-0.25, -0.2) is 0 Å². The molecule has 0 rings (SSSR count). The molecule has 0 aliphatic carbocycles. The molecule has 10 heavy (non-hydrogen) atoms. The molecule has 0 spiro atoms. The third-order valence-electron chi connectivity index (χ3n) is 1.19. The molecule has 0 atom stereocenters. The first-order valence-corrected chi connectivity index (χ1v) is 4.46. The van der Waals surface area contributed by atoms with Crippen LogP contribution in [-0.2, 0) is 10.2 Å². The van der Waals surface area contributed by atoms with Gasteiger partial charge in [0.1, 0.15) is 0 Å². The van der Waals surface area contributed by atoms with E-state index in [1.165, 1.54) is 4.31 Å². The van der Waals surface area contributed by atoms with Crippen LogP contribution < -0.4 is 0 Å². The average molecular weight is 164 g/mol. The van der Waals surface area contributed by atoms with Crippen molar-refractivity contribution in [2.45, 2.75) is 13.8 Å². The van der Waals surface area contributed by atoms with E-state index in [-0.39, 0.29) is 0 Å². The predicted octanol–water partition coefficient (Wildman–Crippen LogP) is 0.274. The van der Waals surface area contributed by atoms with Gasteiger partial charge in [0.05, 0.1) is 0 Å². The van der Waals surface area contributed by atoms with Crippen LogP contribution in [0.25, 0.3) is 0 Å². The van der Waals surface area contributed by atoms with Gasteiger partial charge in [-0.05, 0) is 0 Å². The zero-order valence-electron chi connectivity index (χ0n) is 6.24. The summed E-state index contributed by atoms with van der Waals surface area (Å²) in [5.41, 5.74) is 0. The molecule has 0 N–H and O–H groups in total. The smallest absolute Gasteiger partial charge is 0.187 e. The summed E-state index contributed by atoms with van der Waals surface area (Å²) >= 11 is 0. The van der Waals surface area contributed by atoms with Crippen molar-refractivity contribution in [1.82, 2.24) is 4.31 Å². The van der Waals surface area contributed by atoms with Gasteiger partial charge in [0.15, 0.2) is 0 Å². The SMILES string of the molecule is C=NS(=O)(=O)N(CC)CC. The molecule has 0 fully saturated rings. The second kappa shape index (κ2) is 3.68. The summed E-state index contributed by atoms with van der Waals surface area (Å²) in [4.78, 5) is 0. The molecule has 0 aromatic heterocycles. The summed E-state index contributed by atoms with van der Waals surface area (Å²) in [5.74, 6) is 0. The van der Waals surface area contributed by atoms with Crippen molar-refractivity contribution in [3.8, 4) is 0 Å². The van der Waals surface area contributed by atoms with Gasteiger partial charge in [-0.15, -0.1) is 0 Å². The van der Waals surface area contributed by atoms with Gasteiger partial charge in [0.25, 0.3) is 0 Å². The van der Waals surface area contributed by atoms with Gasteiger partial charge >= 0.3 is 10.2 Å². The van der Waals surface area contributed by atoms with Crippen LogP contribution in [0.15, 0.2) is 4.40 Å². The molecule has 0 aliphatic heterocycles. The Balaban J connectivity index is 4.43. The maximum atomic E-state index is 10.9. The van der Waals surface area contributed by atoms with Crippen LogP contribution in [0.3, 0.4) is 0 Å². The zero-order valence-corrected chi connectivity index (χ0v) is 7.06. The summed E-state index contributed by atoms with van der Waals surface area (Å²) in [5, 5.41) is 0. The van der Waals surface area contributed by atoms with Crippen LogP contribution in [0.2, 0.25) is 0 Å². The molecule has 0 aromatic carbocycles. The number of hydrogen-bond acceptors (Lipinski definition) is 2. The summed E-state index contributed by atoms with van der Waals surface area (Å²) in [7, 11) is -3.41. The summed E-state index contributed by atoms with van der Waals surface area (Å²) < 4.78 is 26.0. The van der Waals surface area contributed by atoms with E-state index in [1.54, 1.807) is 13.8 Å². The maximum Gasteiger partial charge on any atom is 0.321 e. The van der Waals surface area contributed by atoms with E-state index in [0.29, 0.717) is 13.1 Å². The first kappa shape index (κ1) is 9.58. The lowest BCUT2D eigenvalue weighted by Crippen LogP contribution is -2.28. The van der Waals surface area contributed by atoms with E-state index >= 15 is 0 Å². The van der Waals surface area contributed by atoms with Crippen molar-refractivity contribution in [1.29, 1.82) is 0 Å². The Bertz CT molecular complexity index is 194. The molecule has 0 heterocycles. The lowest BCUT2D eigenvalue weighted by atomic mass is 10.7. The number of nitrogens with zero attached hydrogens (tertiary/aromatic N) is 2. The van der Waals surface area contributed by atoms with Gasteiger partial charge in [-0.2, -0.15) is 17.1 Å². The minimum Gasteiger partial charge on any atom is -0.187 e. The van der Waals surface area contributed by atoms with Crippen LogP contribution in [0.5, 0.6) is 0 Å². The molecule has 60 valence electrons. The fourth-order valence-electron chi connectivity index (χ4n) is 0.632. The van der Waals surface area contributed by atoms with E-state index in [1.807, 2.05) is 0 Å². The molecule has 0 saturated heterocycles. The van der Waals surface area contributed by atoms with Gasteiger partial charge in [0.2, 0.25) is 0 Å². The Labute approximate surface area is 61.8 Å². The molecular weight excluding hydrogens is 152 g/mol. The Morgan fingerprint density at radius 2 is 1.80 bits per heavy atom. The van der Waals surface area contributed by atoms with E-state index in [9.17, 15) is 8.42 Å². The van der Waals surface area contributed by atoms with Crippen LogP contribution in [0, 0.1) is 0 Å². The molecule has 0 radical (unpaired) electrons. The van der Waals surface area contributed by atoms with E-state index in [0.717, 1.165) is 0 Å². The van der Waals surface area contributed by atoms with Gasteiger partial charge in [-0.1, -0.05) is 13.8 Å². The van der Waals surface area contributed by atoms with Crippen LogP contribution in [0.4, 0.5) is 0 Å². The lowest BCUT2D eigenvalue weighted by molar-refractivity contribution is 0.447. The third-order valence-corrected chi connectivity index (χ3v) is 2.69. The highest BCUT2D eigenvalue weighted by Crippen LogP contribution is 1.99. The number of rotatable bonds is 4. The van der Waals surface area contributed by atoms with Crippen LogP contribution >= 0.6 is 0 Å². The molecule has 0 unspecified atom stereocenters. The molecule has 0 bridgehead atoms. The quantitative estimate of drug-likeness (QED) is 0.560. The van der Waals surface area contributed by atoms with E-state index < -0.39 is 10.2 Å². The highest BCUT2D eigenvalue weighted by atomic mass is 32.2. The summed E-state index contributed by atoms with van der Waals surface area (Å²) in [6.07, 6.45) is 0. The minimum absolute atomic E-state index is 0.442. The topological polar surface area (TPSA) is 49.7 Å². The maximum absolute atomic E-state index is 10.9. The first-order chi connectivity index (χ1) is 4.58. The van der Waals surface area contributed by atoms with Gasteiger partial charge in [-0.3, -0.25) is 0 Å².